The fraction of sp³-hybridized carbons (Fsp3) is 0.263. The van der Waals surface area contributed by atoms with Crippen molar-refractivity contribution in [2.75, 3.05) is 16.4 Å². The minimum Gasteiger partial charge on any atom is -0.316 e. The van der Waals surface area contributed by atoms with Gasteiger partial charge in [0.25, 0.3) is 5.91 Å². The second kappa shape index (κ2) is 7.71. The molecule has 0 unspecified atom stereocenters. The van der Waals surface area contributed by atoms with Crippen molar-refractivity contribution in [3.63, 3.8) is 0 Å². The molecule has 5 nitrogen and oxygen atoms in total. The highest BCUT2D eigenvalue weighted by Gasteiger charge is 2.49. The predicted molar refractivity (Wildman–Crippen MR) is 115 cm³/mol. The number of fused-ring (bicyclic) bond motifs is 1. The van der Waals surface area contributed by atoms with Gasteiger partial charge in [0, 0.05) is 21.0 Å². The minimum absolute atomic E-state index is 0.0533. The van der Waals surface area contributed by atoms with E-state index in [1.54, 1.807) is 36.4 Å². The van der Waals surface area contributed by atoms with Gasteiger partial charge in [-0.3, -0.25) is 4.79 Å². The summed E-state index contributed by atoms with van der Waals surface area (Å²) in [5.74, 6) is -0.138. The van der Waals surface area contributed by atoms with Crippen LogP contribution in [0.4, 0.5) is 5.69 Å². The van der Waals surface area contributed by atoms with Gasteiger partial charge in [0.15, 0.2) is 15.0 Å². The van der Waals surface area contributed by atoms with E-state index in [0.29, 0.717) is 15.2 Å². The molecule has 0 saturated carbocycles. The fourth-order valence-corrected chi connectivity index (χ4v) is 7.57. The Morgan fingerprint density at radius 2 is 1.64 bits per heavy atom. The molecule has 0 N–H and O–H groups in total. The summed E-state index contributed by atoms with van der Waals surface area (Å²) in [6.45, 7) is 0. The van der Waals surface area contributed by atoms with Crippen molar-refractivity contribution in [1.82, 2.24) is 0 Å². The van der Waals surface area contributed by atoms with Crippen LogP contribution < -0.4 is 4.90 Å². The zero-order valence-electron chi connectivity index (χ0n) is 14.6. The van der Waals surface area contributed by atoms with Crippen molar-refractivity contribution in [2.45, 2.75) is 17.7 Å². The van der Waals surface area contributed by atoms with E-state index < -0.39 is 9.84 Å². The Bertz CT molecular complexity index is 1040. The SMILES string of the molecule is O=C(Cc1ccc(Cl)cc1)N=C1S[C@@H]2CS(=O)(=O)C[C@H]2N1c1ccc(Cl)cc1. The largest absolute Gasteiger partial charge is 0.316 e. The molecular weight excluding hydrogens is 439 g/mol. The molecule has 28 heavy (non-hydrogen) atoms. The zero-order valence-corrected chi connectivity index (χ0v) is 17.7. The Balaban J connectivity index is 1.62. The average molecular weight is 455 g/mol. The number of sulfone groups is 1. The first kappa shape index (κ1) is 19.8. The monoisotopic (exact) mass is 454 g/mol. The quantitative estimate of drug-likeness (QED) is 0.704. The Labute approximate surface area is 177 Å². The van der Waals surface area contributed by atoms with Crippen molar-refractivity contribution in [3.05, 3.63) is 64.1 Å². The predicted octanol–water partition coefficient (Wildman–Crippen LogP) is 3.84. The molecule has 0 spiro atoms. The Morgan fingerprint density at radius 1 is 1.04 bits per heavy atom. The van der Waals surface area contributed by atoms with Gasteiger partial charge >= 0.3 is 0 Å². The van der Waals surface area contributed by atoms with Crippen LogP contribution in [0.2, 0.25) is 10.0 Å². The van der Waals surface area contributed by atoms with E-state index in [0.717, 1.165) is 11.3 Å². The first-order valence-electron chi connectivity index (χ1n) is 8.58. The third kappa shape index (κ3) is 4.22. The lowest BCUT2D eigenvalue weighted by Crippen LogP contribution is -2.37. The number of carbonyl (C=O) groups excluding carboxylic acids is 1. The van der Waals surface area contributed by atoms with Crippen molar-refractivity contribution < 1.29 is 13.2 Å². The maximum Gasteiger partial charge on any atom is 0.252 e. The van der Waals surface area contributed by atoms with Gasteiger partial charge in [-0.15, -0.1) is 0 Å². The maximum absolute atomic E-state index is 12.5. The molecule has 0 bridgehead atoms. The summed E-state index contributed by atoms with van der Waals surface area (Å²) in [5.41, 5.74) is 1.60. The first-order chi connectivity index (χ1) is 13.3. The van der Waals surface area contributed by atoms with Crippen LogP contribution in [0.3, 0.4) is 0 Å². The van der Waals surface area contributed by atoms with Gasteiger partial charge in [0.2, 0.25) is 0 Å². The molecule has 2 aliphatic heterocycles. The van der Waals surface area contributed by atoms with E-state index in [-0.39, 0.29) is 35.1 Å². The van der Waals surface area contributed by atoms with Crippen LogP contribution in [0, 0.1) is 0 Å². The average Bonchev–Trinajstić information content (AvgIpc) is 3.09. The lowest BCUT2D eigenvalue weighted by molar-refractivity contribution is -0.117. The molecule has 2 aromatic rings. The number of benzene rings is 2. The normalized spacial score (nSPS) is 24.5. The molecule has 2 atom stereocenters. The van der Waals surface area contributed by atoms with Crippen LogP contribution in [-0.2, 0) is 21.1 Å². The van der Waals surface area contributed by atoms with Gasteiger partial charge in [0.1, 0.15) is 0 Å². The number of thioether (sulfide) groups is 1. The molecule has 2 saturated heterocycles. The number of carbonyl (C=O) groups is 1. The summed E-state index contributed by atoms with van der Waals surface area (Å²) >= 11 is 13.2. The van der Waals surface area contributed by atoms with Gasteiger partial charge in [-0.05, 0) is 42.0 Å². The first-order valence-corrected chi connectivity index (χ1v) is 12.0. The molecule has 0 aromatic heterocycles. The molecule has 2 heterocycles. The number of hydrogen-bond acceptors (Lipinski definition) is 4. The lowest BCUT2D eigenvalue weighted by Gasteiger charge is -2.24. The number of amidine groups is 1. The van der Waals surface area contributed by atoms with E-state index >= 15 is 0 Å². The molecule has 4 rings (SSSR count). The van der Waals surface area contributed by atoms with E-state index in [2.05, 4.69) is 4.99 Å². The number of anilines is 1. The van der Waals surface area contributed by atoms with Crippen LogP contribution in [0.5, 0.6) is 0 Å². The minimum atomic E-state index is -3.10. The Kier molecular flexibility index (Phi) is 5.44. The number of hydrogen-bond donors (Lipinski definition) is 0. The van der Waals surface area contributed by atoms with Crippen LogP contribution in [0.1, 0.15) is 5.56 Å². The Morgan fingerprint density at radius 3 is 2.29 bits per heavy atom. The van der Waals surface area contributed by atoms with E-state index in [1.807, 2.05) is 17.0 Å². The van der Waals surface area contributed by atoms with Gasteiger partial charge in [-0.1, -0.05) is 47.1 Å². The van der Waals surface area contributed by atoms with E-state index in [9.17, 15) is 13.2 Å². The summed E-state index contributed by atoms with van der Waals surface area (Å²) in [6.07, 6.45) is 0.156. The van der Waals surface area contributed by atoms with Gasteiger partial charge in [-0.25, -0.2) is 8.42 Å². The molecule has 146 valence electrons. The number of nitrogens with zero attached hydrogens (tertiary/aromatic N) is 2. The summed E-state index contributed by atoms with van der Waals surface area (Å²) in [6, 6.07) is 13.9. The molecule has 0 radical (unpaired) electrons. The van der Waals surface area contributed by atoms with Crippen molar-refractivity contribution in [1.29, 1.82) is 0 Å². The maximum atomic E-state index is 12.5. The molecule has 0 aliphatic carbocycles. The summed E-state index contributed by atoms with van der Waals surface area (Å²) in [7, 11) is -3.10. The van der Waals surface area contributed by atoms with Crippen molar-refractivity contribution in [3.8, 4) is 0 Å². The number of rotatable bonds is 3. The number of halogens is 2. The molecule has 2 aliphatic rings. The summed E-state index contributed by atoms with van der Waals surface area (Å²) in [4.78, 5) is 18.7. The van der Waals surface area contributed by atoms with Crippen LogP contribution >= 0.6 is 35.0 Å². The second-order valence-electron chi connectivity index (χ2n) is 6.74. The zero-order chi connectivity index (χ0) is 19.9. The van der Waals surface area contributed by atoms with Crippen LogP contribution in [0.25, 0.3) is 0 Å². The fourth-order valence-electron chi connectivity index (χ4n) is 3.39. The topological polar surface area (TPSA) is 66.8 Å². The third-order valence-electron chi connectivity index (χ3n) is 4.66. The number of amides is 1. The summed E-state index contributed by atoms with van der Waals surface area (Å²) in [5, 5.41) is 1.59. The molecule has 1 amide bonds. The van der Waals surface area contributed by atoms with Crippen LogP contribution in [-0.4, -0.2) is 42.3 Å². The van der Waals surface area contributed by atoms with Gasteiger partial charge in [0.05, 0.1) is 24.0 Å². The summed E-state index contributed by atoms with van der Waals surface area (Å²) < 4.78 is 24.2. The Hall–Kier alpha value is -1.54. The van der Waals surface area contributed by atoms with E-state index in [1.165, 1.54) is 11.8 Å². The van der Waals surface area contributed by atoms with Crippen LogP contribution in [0.15, 0.2) is 53.5 Å². The van der Waals surface area contributed by atoms with Gasteiger partial charge < -0.3 is 4.90 Å². The van der Waals surface area contributed by atoms with Crippen molar-refractivity contribution in [2.24, 2.45) is 4.99 Å². The molecule has 2 aromatic carbocycles. The second-order valence-corrected chi connectivity index (χ2v) is 11.0. The van der Waals surface area contributed by atoms with E-state index in [4.69, 9.17) is 23.2 Å². The number of aliphatic imine (C=N–C) groups is 1. The van der Waals surface area contributed by atoms with Crippen molar-refractivity contribution >= 4 is 61.6 Å². The lowest BCUT2D eigenvalue weighted by atomic mass is 10.1. The highest BCUT2D eigenvalue weighted by Crippen LogP contribution is 2.41. The highest BCUT2D eigenvalue weighted by molar-refractivity contribution is 8.16. The highest BCUT2D eigenvalue weighted by atomic mass is 35.5. The molecule has 9 heteroatoms. The standard InChI is InChI=1S/C19H16Cl2N2O3S2/c20-13-3-1-12(2-4-13)9-18(24)22-19-23(15-7-5-14(21)6-8-15)16-10-28(25,26)11-17(16)27-19/h1-8,16-17H,9-11H2/t16-,17-/m1/s1. The van der Waals surface area contributed by atoms with Gasteiger partial charge in [-0.2, -0.15) is 4.99 Å². The molecule has 2 fully saturated rings. The molecular formula is C19H16Cl2N2O3S2. The smallest absolute Gasteiger partial charge is 0.252 e. The third-order valence-corrected chi connectivity index (χ3v) is 8.37.